The fourth-order valence-corrected chi connectivity index (χ4v) is 1.31. The van der Waals surface area contributed by atoms with Crippen molar-refractivity contribution in [1.82, 2.24) is 0 Å². The van der Waals surface area contributed by atoms with Gasteiger partial charge in [-0.15, -0.1) is 0 Å². The zero-order chi connectivity index (χ0) is 12.9. The zero-order valence-corrected chi connectivity index (χ0v) is 10.7. The number of hydrogen-bond donors (Lipinski definition) is 1. The summed E-state index contributed by atoms with van der Waals surface area (Å²) < 4.78 is 4.84. The molecule has 1 aromatic carbocycles. The number of esters is 1. The third kappa shape index (κ3) is 9.57. The van der Waals surface area contributed by atoms with Crippen molar-refractivity contribution < 1.29 is 14.6 Å². The lowest BCUT2D eigenvalue weighted by molar-refractivity contribution is -0.143. The van der Waals surface area contributed by atoms with E-state index in [1.165, 1.54) is 5.56 Å². The maximum absolute atomic E-state index is 11.0. The number of rotatable bonds is 5. The van der Waals surface area contributed by atoms with Crippen LogP contribution in [0, 0.1) is 0 Å². The monoisotopic (exact) mass is 238 g/mol. The van der Waals surface area contributed by atoms with E-state index in [0.717, 1.165) is 12.8 Å². The SMILES string of the molecule is CCO.CCOC(=O)CCCc1ccccc1. The summed E-state index contributed by atoms with van der Waals surface area (Å²) in [6, 6.07) is 10.2. The van der Waals surface area contributed by atoms with Crippen molar-refractivity contribution >= 4 is 5.97 Å². The van der Waals surface area contributed by atoms with Gasteiger partial charge in [0.15, 0.2) is 0 Å². The lowest BCUT2D eigenvalue weighted by Gasteiger charge is -2.01. The van der Waals surface area contributed by atoms with Crippen molar-refractivity contribution in [2.75, 3.05) is 13.2 Å². The molecule has 0 radical (unpaired) electrons. The zero-order valence-electron chi connectivity index (χ0n) is 10.7. The number of aliphatic hydroxyl groups excluding tert-OH is 1. The van der Waals surface area contributed by atoms with Crippen LogP contribution < -0.4 is 0 Å². The van der Waals surface area contributed by atoms with Crippen molar-refractivity contribution in [3.8, 4) is 0 Å². The van der Waals surface area contributed by atoms with E-state index >= 15 is 0 Å². The van der Waals surface area contributed by atoms with Crippen LogP contribution in [0.3, 0.4) is 0 Å². The Bertz CT molecular complexity index is 283. The Morgan fingerprint density at radius 2 is 1.82 bits per heavy atom. The maximum atomic E-state index is 11.0. The molecule has 0 saturated carbocycles. The molecule has 0 spiro atoms. The lowest BCUT2D eigenvalue weighted by atomic mass is 10.1. The molecular formula is C14H22O3. The Morgan fingerprint density at radius 1 is 1.24 bits per heavy atom. The second kappa shape index (κ2) is 11.1. The Kier molecular flexibility index (Phi) is 10.3. The topological polar surface area (TPSA) is 46.5 Å². The Labute approximate surface area is 103 Å². The fourth-order valence-electron chi connectivity index (χ4n) is 1.31. The Balaban J connectivity index is 0.000000770. The third-order valence-corrected chi connectivity index (χ3v) is 1.99. The van der Waals surface area contributed by atoms with Gasteiger partial charge in [0.1, 0.15) is 0 Å². The van der Waals surface area contributed by atoms with Gasteiger partial charge in [-0.2, -0.15) is 0 Å². The van der Waals surface area contributed by atoms with Gasteiger partial charge in [-0.25, -0.2) is 0 Å². The van der Waals surface area contributed by atoms with Gasteiger partial charge in [-0.1, -0.05) is 30.3 Å². The highest BCUT2D eigenvalue weighted by atomic mass is 16.5. The average molecular weight is 238 g/mol. The number of hydrogen-bond acceptors (Lipinski definition) is 3. The first-order valence-electron chi connectivity index (χ1n) is 6.05. The standard InChI is InChI=1S/C12H16O2.C2H6O/c1-2-14-12(13)10-6-9-11-7-4-3-5-8-11;1-2-3/h3-5,7-8H,2,6,9-10H2,1H3;3H,2H2,1H3. The predicted octanol–water partition coefficient (Wildman–Crippen LogP) is 2.57. The molecule has 17 heavy (non-hydrogen) atoms. The van der Waals surface area contributed by atoms with Gasteiger partial charge in [0.05, 0.1) is 6.61 Å². The molecule has 96 valence electrons. The highest BCUT2D eigenvalue weighted by Crippen LogP contribution is 2.04. The summed E-state index contributed by atoms with van der Waals surface area (Å²) in [5.74, 6) is -0.0940. The van der Waals surface area contributed by atoms with E-state index in [-0.39, 0.29) is 12.6 Å². The van der Waals surface area contributed by atoms with E-state index in [2.05, 4.69) is 12.1 Å². The minimum Gasteiger partial charge on any atom is -0.466 e. The fraction of sp³-hybridized carbons (Fsp3) is 0.500. The summed E-state index contributed by atoms with van der Waals surface area (Å²) in [7, 11) is 0. The average Bonchev–Trinajstić information content (AvgIpc) is 2.32. The number of carbonyl (C=O) groups is 1. The number of aryl methyl sites for hydroxylation is 1. The molecule has 0 atom stereocenters. The van der Waals surface area contributed by atoms with Crippen molar-refractivity contribution in [2.24, 2.45) is 0 Å². The molecule has 0 bridgehead atoms. The van der Waals surface area contributed by atoms with Crippen molar-refractivity contribution in [3.63, 3.8) is 0 Å². The number of ether oxygens (including phenoxy) is 1. The van der Waals surface area contributed by atoms with Gasteiger partial charge < -0.3 is 9.84 Å². The van der Waals surface area contributed by atoms with E-state index in [4.69, 9.17) is 9.84 Å². The number of aliphatic hydroxyl groups is 1. The molecule has 0 amide bonds. The minimum atomic E-state index is -0.0940. The van der Waals surface area contributed by atoms with Crippen LogP contribution in [0.25, 0.3) is 0 Å². The van der Waals surface area contributed by atoms with E-state index in [1.807, 2.05) is 25.1 Å². The summed E-state index contributed by atoms with van der Waals surface area (Å²) in [5.41, 5.74) is 1.27. The van der Waals surface area contributed by atoms with Gasteiger partial charge in [-0.05, 0) is 32.3 Å². The van der Waals surface area contributed by atoms with Crippen LogP contribution in [-0.4, -0.2) is 24.3 Å². The predicted molar refractivity (Wildman–Crippen MR) is 68.8 cm³/mol. The van der Waals surface area contributed by atoms with E-state index in [0.29, 0.717) is 13.0 Å². The summed E-state index contributed by atoms with van der Waals surface area (Å²) >= 11 is 0. The van der Waals surface area contributed by atoms with Crippen LogP contribution in [0.2, 0.25) is 0 Å². The molecule has 1 aromatic rings. The van der Waals surface area contributed by atoms with Gasteiger partial charge in [0.25, 0.3) is 0 Å². The first-order chi connectivity index (χ1) is 8.24. The molecule has 0 aliphatic rings. The quantitative estimate of drug-likeness (QED) is 0.802. The van der Waals surface area contributed by atoms with Crippen molar-refractivity contribution in [3.05, 3.63) is 35.9 Å². The van der Waals surface area contributed by atoms with E-state index < -0.39 is 0 Å². The first-order valence-corrected chi connectivity index (χ1v) is 6.05. The normalized spacial score (nSPS) is 9.12. The minimum absolute atomic E-state index is 0.0940. The lowest BCUT2D eigenvalue weighted by Crippen LogP contribution is -2.03. The van der Waals surface area contributed by atoms with Gasteiger partial charge in [-0.3, -0.25) is 4.79 Å². The van der Waals surface area contributed by atoms with E-state index in [1.54, 1.807) is 6.92 Å². The van der Waals surface area contributed by atoms with Gasteiger partial charge >= 0.3 is 5.97 Å². The molecular weight excluding hydrogens is 216 g/mol. The Hall–Kier alpha value is -1.35. The summed E-state index contributed by atoms with van der Waals surface area (Å²) in [5, 5.41) is 7.57. The van der Waals surface area contributed by atoms with Crippen LogP contribution in [0.4, 0.5) is 0 Å². The summed E-state index contributed by atoms with van der Waals surface area (Å²) in [6.45, 7) is 4.24. The third-order valence-electron chi connectivity index (χ3n) is 1.99. The number of benzene rings is 1. The maximum Gasteiger partial charge on any atom is 0.305 e. The highest BCUT2D eigenvalue weighted by molar-refractivity contribution is 5.69. The number of carbonyl (C=O) groups excluding carboxylic acids is 1. The molecule has 1 N–H and O–H groups in total. The van der Waals surface area contributed by atoms with Crippen LogP contribution in [0.1, 0.15) is 32.3 Å². The van der Waals surface area contributed by atoms with Crippen LogP contribution in [0.5, 0.6) is 0 Å². The summed E-state index contributed by atoms with van der Waals surface area (Å²) in [6.07, 6.45) is 2.32. The molecule has 0 aliphatic carbocycles. The Morgan fingerprint density at radius 3 is 2.35 bits per heavy atom. The van der Waals surface area contributed by atoms with Crippen LogP contribution >= 0.6 is 0 Å². The van der Waals surface area contributed by atoms with Gasteiger partial charge in [0, 0.05) is 13.0 Å². The molecule has 3 nitrogen and oxygen atoms in total. The molecule has 0 heterocycles. The second-order valence-corrected chi connectivity index (χ2v) is 3.46. The first kappa shape index (κ1) is 15.7. The molecule has 0 fully saturated rings. The van der Waals surface area contributed by atoms with Crippen LogP contribution in [0.15, 0.2) is 30.3 Å². The molecule has 1 rings (SSSR count). The summed E-state index contributed by atoms with van der Waals surface area (Å²) in [4.78, 5) is 11.0. The van der Waals surface area contributed by atoms with Gasteiger partial charge in [0.2, 0.25) is 0 Å². The van der Waals surface area contributed by atoms with Crippen molar-refractivity contribution in [1.29, 1.82) is 0 Å². The molecule has 0 unspecified atom stereocenters. The smallest absolute Gasteiger partial charge is 0.305 e. The molecule has 3 heteroatoms. The second-order valence-electron chi connectivity index (χ2n) is 3.46. The van der Waals surface area contributed by atoms with Crippen LogP contribution in [-0.2, 0) is 16.0 Å². The van der Waals surface area contributed by atoms with E-state index in [9.17, 15) is 4.79 Å². The molecule has 0 aliphatic heterocycles. The highest BCUT2D eigenvalue weighted by Gasteiger charge is 2.00. The molecule has 0 saturated heterocycles. The van der Waals surface area contributed by atoms with Crippen molar-refractivity contribution in [2.45, 2.75) is 33.1 Å². The molecule has 0 aromatic heterocycles. The largest absolute Gasteiger partial charge is 0.466 e.